The van der Waals surface area contributed by atoms with E-state index in [4.69, 9.17) is 4.74 Å². The molecular weight excluding hydrogens is 378 g/mol. The Kier molecular flexibility index (Phi) is 7.19. The number of non-ortho nitro benzene ring substituents is 1. The fourth-order valence-corrected chi connectivity index (χ4v) is 2.24. The Balaban J connectivity index is 1.84. The smallest absolute Gasteiger partial charge is 0.331 e. The van der Waals surface area contributed by atoms with Crippen LogP contribution in [0.25, 0.3) is 6.08 Å². The van der Waals surface area contributed by atoms with Gasteiger partial charge in [0.05, 0.1) is 4.92 Å². The van der Waals surface area contributed by atoms with Gasteiger partial charge in [-0.15, -0.1) is 0 Å². The summed E-state index contributed by atoms with van der Waals surface area (Å²) in [5.41, 5.74) is 1.28. The average Bonchev–Trinajstić information content (AvgIpc) is 2.71. The third-order valence-corrected chi connectivity index (χ3v) is 3.66. The Labute approximate surface area is 166 Å². The summed E-state index contributed by atoms with van der Waals surface area (Å²) in [6.45, 7) is -0.503. The molecule has 0 aliphatic carbocycles. The van der Waals surface area contributed by atoms with Gasteiger partial charge in [-0.2, -0.15) is 0 Å². The quantitative estimate of drug-likeness (QED) is 0.332. The van der Waals surface area contributed by atoms with E-state index in [2.05, 4.69) is 5.32 Å². The van der Waals surface area contributed by atoms with E-state index in [1.807, 2.05) is 0 Å². The Bertz CT molecular complexity index is 951. The number of benzene rings is 2. The van der Waals surface area contributed by atoms with Crippen LogP contribution < -0.4 is 5.32 Å². The van der Waals surface area contributed by atoms with Crippen molar-refractivity contribution in [3.63, 3.8) is 0 Å². The number of nitrogens with zero attached hydrogens (tertiary/aromatic N) is 2. The fraction of sp³-hybridized carbons (Fsp3) is 0.150. The van der Waals surface area contributed by atoms with Crippen molar-refractivity contribution in [2.24, 2.45) is 0 Å². The highest BCUT2D eigenvalue weighted by Crippen LogP contribution is 2.14. The number of carbonyl (C=O) groups is 3. The van der Waals surface area contributed by atoms with E-state index >= 15 is 0 Å². The van der Waals surface area contributed by atoms with Gasteiger partial charge < -0.3 is 15.0 Å². The van der Waals surface area contributed by atoms with Gasteiger partial charge in [0.1, 0.15) is 0 Å². The van der Waals surface area contributed by atoms with Gasteiger partial charge in [-0.05, 0) is 35.9 Å². The zero-order chi connectivity index (χ0) is 21.4. The normalized spacial score (nSPS) is 10.4. The van der Waals surface area contributed by atoms with Crippen LogP contribution in [0.2, 0.25) is 0 Å². The predicted molar refractivity (Wildman–Crippen MR) is 106 cm³/mol. The molecule has 9 heteroatoms. The van der Waals surface area contributed by atoms with Gasteiger partial charge in [0, 0.05) is 43.6 Å². The predicted octanol–water partition coefficient (Wildman–Crippen LogP) is 2.49. The summed E-state index contributed by atoms with van der Waals surface area (Å²) >= 11 is 0. The number of nitro benzene ring substituents is 1. The van der Waals surface area contributed by atoms with Crippen LogP contribution in [0.5, 0.6) is 0 Å². The molecule has 9 nitrogen and oxygen atoms in total. The molecule has 0 aliphatic rings. The lowest BCUT2D eigenvalue weighted by Crippen LogP contribution is -2.22. The molecule has 2 amide bonds. The van der Waals surface area contributed by atoms with E-state index in [0.29, 0.717) is 16.8 Å². The van der Waals surface area contributed by atoms with Crippen molar-refractivity contribution in [1.82, 2.24) is 4.90 Å². The fourth-order valence-electron chi connectivity index (χ4n) is 2.24. The van der Waals surface area contributed by atoms with Gasteiger partial charge in [-0.3, -0.25) is 19.7 Å². The van der Waals surface area contributed by atoms with Crippen molar-refractivity contribution < 1.29 is 24.0 Å². The number of rotatable bonds is 7. The maximum Gasteiger partial charge on any atom is 0.331 e. The molecule has 0 spiro atoms. The lowest BCUT2D eigenvalue weighted by molar-refractivity contribution is -0.384. The minimum absolute atomic E-state index is 0.0989. The first-order valence-electron chi connectivity index (χ1n) is 8.47. The van der Waals surface area contributed by atoms with Crippen molar-refractivity contribution in [3.8, 4) is 0 Å². The molecule has 0 bridgehead atoms. The average molecular weight is 397 g/mol. The van der Waals surface area contributed by atoms with Gasteiger partial charge in [-0.1, -0.05) is 12.1 Å². The van der Waals surface area contributed by atoms with Gasteiger partial charge in [0.2, 0.25) is 0 Å². The molecule has 150 valence electrons. The molecule has 1 N–H and O–H groups in total. The number of hydrogen-bond acceptors (Lipinski definition) is 6. The van der Waals surface area contributed by atoms with Gasteiger partial charge >= 0.3 is 5.97 Å². The number of nitro groups is 1. The summed E-state index contributed by atoms with van der Waals surface area (Å²) < 4.78 is 4.84. The van der Waals surface area contributed by atoms with Crippen LogP contribution in [0, 0.1) is 10.1 Å². The molecule has 0 radical (unpaired) electrons. The summed E-state index contributed by atoms with van der Waals surface area (Å²) in [4.78, 5) is 47.0. The SMILES string of the molecule is CN(C)C(=O)c1ccc(NC(=O)COC(=O)/C=C/c2cccc([N+](=O)[O-])c2)cc1. The third kappa shape index (κ3) is 6.58. The zero-order valence-electron chi connectivity index (χ0n) is 15.8. The van der Waals surface area contributed by atoms with E-state index < -0.39 is 23.4 Å². The van der Waals surface area contributed by atoms with Crippen molar-refractivity contribution in [1.29, 1.82) is 0 Å². The van der Waals surface area contributed by atoms with Crippen LogP contribution in [0.15, 0.2) is 54.6 Å². The van der Waals surface area contributed by atoms with E-state index in [0.717, 1.165) is 6.08 Å². The molecule has 2 aromatic carbocycles. The highest BCUT2D eigenvalue weighted by Gasteiger charge is 2.09. The lowest BCUT2D eigenvalue weighted by Gasteiger charge is -2.11. The monoisotopic (exact) mass is 397 g/mol. The largest absolute Gasteiger partial charge is 0.452 e. The molecule has 2 rings (SSSR count). The number of anilines is 1. The summed E-state index contributed by atoms with van der Waals surface area (Å²) in [7, 11) is 3.28. The number of hydrogen-bond donors (Lipinski definition) is 1. The molecule has 0 atom stereocenters. The van der Waals surface area contributed by atoms with Gasteiger partial charge in [0.15, 0.2) is 6.61 Å². The van der Waals surface area contributed by atoms with Gasteiger partial charge in [-0.25, -0.2) is 4.79 Å². The summed E-state index contributed by atoms with van der Waals surface area (Å²) in [5.74, 6) is -1.47. The van der Waals surface area contributed by atoms with Crippen molar-refractivity contribution >= 4 is 35.2 Å². The highest BCUT2D eigenvalue weighted by atomic mass is 16.6. The first kappa shape index (κ1) is 21.3. The molecule has 0 unspecified atom stereocenters. The van der Waals surface area contributed by atoms with Crippen molar-refractivity contribution in [3.05, 3.63) is 75.8 Å². The van der Waals surface area contributed by atoms with Gasteiger partial charge in [0.25, 0.3) is 17.5 Å². The molecular formula is C20H19N3O6. The lowest BCUT2D eigenvalue weighted by atomic mass is 10.2. The van der Waals surface area contributed by atoms with Crippen molar-refractivity contribution in [2.75, 3.05) is 26.0 Å². The number of carbonyl (C=O) groups excluding carboxylic acids is 3. The molecule has 0 fully saturated rings. The Morgan fingerprint density at radius 1 is 1.14 bits per heavy atom. The third-order valence-electron chi connectivity index (χ3n) is 3.66. The number of esters is 1. The van der Waals surface area contributed by atoms with Crippen LogP contribution in [-0.4, -0.2) is 48.3 Å². The minimum atomic E-state index is -0.765. The Morgan fingerprint density at radius 2 is 1.83 bits per heavy atom. The standard InChI is InChI=1S/C20H19N3O6/c1-22(2)20(26)15-7-9-16(10-8-15)21-18(24)13-29-19(25)11-6-14-4-3-5-17(12-14)23(27)28/h3-12H,13H2,1-2H3,(H,21,24)/b11-6+. The Hall–Kier alpha value is -4.01. The molecule has 0 aromatic heterocycles. The zero-order valence-corrected chi connectivity index (χ0v) is 15.8. The topological polar surface area (TPSA) is 119 Å². The Morgan fingerprint density at radius 3 is 2.45 bits per heavy atom. The van der Waals surface area contributed by atoms with E-state index in [9.17, 15) is 24.5 Å². The number of amides is 2. The first-order chi connectivity index (χ1) is 13.8. The maximum absolute atomic E-state index is 11.9. The second-order valence-electron chi connectivity index (χ2n) is 6.12. The molecule has 0 saturated carbocycles. The van der Waals surface area contributed by atoms with Crippen LogP contribution >= 0.6 is 0 Å². The molecule has 0 aliphatic heterocycles. The van der Waals surface area contributed by atoms with E-state index in [1.54, 1.807) is 44.4 Å². The molecule has 2 aromatic rings. The van der Waals surface area contributed by atoms with Crippen molar-refractivity contribution in [2.45, 2.75) is 0 Å². The van der Waals surface area contributed by atoms with Crippen LogP contribution in [-0.2, 0) is 14.3 Å². The number of ether oxygens (including phenoxy) is 1. The van der Waals surface area contributed by atoms with Crippen LogP contribution in [0.3, 0.4) is 0 Å². The van der Waals surface area contributed by atoms with E-state index in [1.165, 1.54) is 29.2 Å². The second-order valence-corrected chi connectivity index (χ2v) is 6.12. The minimum Gasteiger partial charge on any atom is -0.452 e. The second kappa shape index (κ2) is 9.79. The molecule has 0 heterocycles. The summed E-state index contributed by atoms with van der Waals surface area (Å²) in [5, 5.41) is 13.3. The van der Waals surface area contributed by atoms with Crippen LogP contribution in [0.4, 0.5) is 11.4 Å². The van der Waals surface area contributed by atoms with Crippen LogP contribution in [0.1, 0.15) is 15.9 Å². The highest BCUT2D eigenvalue weighted by molar-refractivity contribution is 5.96. The number of nitrogens with one attached hydrogen (secondary N) is 1. The van der Waals surface area contributed by atoms with E-state index in [-0.39, 0.29) is 11.6 Å². The maximum atomic E-state index is 11.9. The summed E-state index contributed by atoms with van der Waals surface area (Å²) in [6.07, 6.45) is 2.43. The molecule has 0 saturated heterocycles. The summed E-state index contributed by atoms with van der Waals surface area (Å²) in [6, 6.07) is 12.0. The first-order valence-corrected chi connectivity index (χ1v) is 8.47. The molecule has 29 heavy (non-hydrogen) atoms.